The molecule has 0 aromatic carbocycles. The van der Waals surface area contributed by atoms with Crippen LogP contribution in [-0.4, -0.2) is 12.7 Å². The average Bonchev–Trinajstić information content (AvgIpc) is 3.41. The second-order valence-electron chi connectivity index (χ2n) is 8.92. The summed E-state index contributed by atoms with van der Waals surface area (Å²) in [4.78, 5) is 0. The van der Waals surface area contributed by atoms with Gasteiger partial charge in [0.15, 0.2) is 0 Å². The van der Waals surface area contributed by atoms with Gasteiger partial charge in [-0.15, -0.1) is 0 Å². The fraction of sp³-hybridized carbons (Fsp3) is 1.00. The molecule has 0 aliphatic heterocycles. The van der Waals surface area contributed by atoms with Crippen LogP contribution in [0.5, 0.6) is 0 Å². The van der Waals surface area contributed by atoms with E-state index < -0.39 is 0 Å². The van der Waals surface area contributed by atoms with Crippen LogP contribution in [0.4, 0.5) is 0 Å². The molecule has 0 unspecified atom stereocenters. The van der Waals surface area contributed by atoms with Gasteiger partial charge in [0.25, 0.3) is 0 Å². The van der Waals surface area contributed by atoms with Gasteiger partial charge in [-0.25, -0.2) is 0 Å². The molecule has 134 valence electrons. The van der Waals surface area contributed by atoms with Crippen LogP contribution in [0.2, 0.25) is 0 Å². The molecular weight excluding hydrogens is 280 g/mol. The summed E-state index contributed by atoms with van der Waals surface area (Å²) in [6.07, 6.45) is 22.4. The lowest BCUT2D eigenvalue weighted by Gasteiger charge is -2.37. The molecule has 0 aromatic heterocycles. The van der Waals surface area contributed by atoms with Crippen molar-refractivity contribution in [1.82, 2.24) is 0 Å². The van der Waals surface area contributed by atoms with E-state index in [1.54, 1.807) is 0 Å². The molecular formula is C22H40O. The van der Waals surface area contributed by atoms with Crippen molar-refractivity contribution in [1.29, 1.82) is 0 Å². The van der Waals surface area contributed by atoms with Crippen molar-refractivity contribution < 1.29 is 4.74 Å². The third-order valence-corrected chi connectivity index (χ3v) is 7.03. The Labute approximate surface area is 144 Å². The minimum atomic E-state index is 0.601. The summed E-state index contributed by atoms with van der Waals surface area (Å²) in [6, 6.07) is 0. The topological polar surface area (TPSA) is 9.23 Å². The lowest BCUT2D eigenvalue weighted by molar-refractivity contribution is 0.00524. The van der Waals surface area contributed by atoms with Crippen molar-refractivity contribution in [3.63, 3.8) is 0 Å². The SMILES string of the molecule is CCCC1CCC(C2CCC(OCCCCC3CC3)CC2)CC1. The molecule has 1 nitrogen and oxygen atoms in total. The van der Waals surface area contributed by atoms with Gasteiger partial charge < -0.3 is 4.74 Å². The summed E-state index contributed by atoms with van der Waals surface area (Å²) in [7, 11) is 0. The molecule has 0 amide bonds. The fourth-order valence-electron chi connectivity index (χ4n) is 5.27. The number of hydrogen-bond acceptors (Lipinski definition) is 1. The van der Waals surface area contributed by atoms with Crippen LogP contribution in [0, 0.1) is 23.7 Å². The van der Waals surface area contributed by atoms with Gasteiger partial charge >= 0.3 is 0 Å². The van der Waals surface area contributed by atoms with Crippen molar-refractivity contribution in [2.45, 2.75) is 109 Å². The average molecular weight is 321 g/mol. The van der Waals surface area contributed by atoms with Crippen LogP contribution in [-0.2, 0) is 4.74 Å². The summed E-state index contributed by atoms with van der Waals surface area (Å²) >= 11 is 0. The maximum Gasteiger partial charge on any atom is 0.0575 e. The zero-order valence-electron chi connectivity index (χ0n) is 15.6. The summed E-state index contributed by atoms with van der Waals surface area (Å²) in [6.45, 7) is 3.38. The van der Waals surface area contributed by atoms with Crippen LogP contribution < -0.4 is 0 Å². The van der Waals surface area contributed by atoms with Gasteiger partial charge in [0.05, 0.1) is 6.10 Å². The Morgan fingerprint density at radius 3 is 1.83 bits per heavy atom. The molecule has 3 aliphatic carbocycles. The maximum absolute atomic E-state index is 6.17. The highest BCUT2D eigenvalue weighted by Crippen LogP contribution is 2.41. The van der Waals surface area contributed by atoms with Crippen molar-refractivity contribution in [3.05, 3.63) is 0 Å². The van der Waals surface area contributed by atoms with Crippen LogP contribution in [0.25, 0.3) is 0 Å². The van der Waals surface area contributed by atoms with E-state index in [1.807, 2.05) is 0 Å². The Kier molecular flexibility index (Phi) is 7.30. The lowest BCUT2D eigenvalue weighted by Crippen LogP contribution is -2.28. The molecule has 0 atom stereocenters. The van der Waals surface area contributed by atoms with Gasteiger partial charge in [-0.2, -0.15) is 0 Å². The first-order valence-electron chi connectivity index (χ1n) is 11.0. The summed E-state index contributed by atoms with van der Waals surface area (Å²) < 4.78 is 6.17. The van der Waals surface area contributed by atoms with Crippen LogP contribution in [0.1, 0.15) is 103 Å². The van der Waals surface area contributed by atoms with E-state index in [0.717, 1.165) is 30.3 Å². The van der Waals surface area contributed by atoms with Gasteiger partial charge in [-0.1, -0.05) is 58.3 Å². The number of rotatable bonds is 9. The maximum atomic E-state index is 6.17. The number of hydrogen-bond donors (Lipinski definition) is 0. The van der Waals surface area contributed by atoms with Gasteiger partial charge in [0, 0.05) is 6.61 Å². The molecule has 3 rings (SSSR count). The highest BCUT2D eigenvalue weighted by molar-refractivity contribution is 4.82. The molecule has 0 bridgehead atoms. The van der Waals surface area contributed by atoms with E-state index in [2.05, 4.69) is 6.92 Å². The van der Waals surface area contributed by atoms with Crippen molar-refractivity contribution in [2.75, 3.05) is 6.61 Å². The molecule has 0 aromatic rings. The van der Waals surface area contributed by atoms with E-state index in [0.29, 0.717) is 6.10 Å². The normalized spacial score (nSPS) is 35.3. The fourth-order valence-corrected chi connectivity index (χ4v) is 5.27. The smallest absolute Gasteiger partial charge is 0.0575 e. The molecule has 3 aliphatic rings. The Hall–Kier alpha value is -0.0400. The van der Waals surface area contributed by atoms with Crippen molar-refractivity contribution in [2.24, 2.45) is 23.7 Å². The zero-order chi connectivity index (χ0) is 15.9. The first-order chi connectivity index (χ1) is 11.3. The standard InChI is InChI=1S/C22H40O/c1-2-5-18-9-11-20(12-10-18)21-13-15-22(16-14-21)23-17-4-3-6-19-7-8-19/h18-22H,2-17H2,1H3. The van der Waals surface area contributed by atoms with Crippen LogP contribution >= 0.6 is 0 Å². The van der Waals surface area contributed by atoms with Crippen LogP contribution in [0.3, 0.4) is 0 Å². The molecule has 3 fully saturated rings. The zero-order valence-corrected chi connectivity index (χ0v) is 15.6. The van der Waals surface area contributed by atoms with Gasteiger partial charge in [0.2, 0.25) is 0 Å². The minimum absolute atomic E-state index is 0.601. The molecule has 23 heavy (non-hydrogen) atoms. The van der Waals surface area contributed by atoms with E-state index in [1.165, 1.54) is 96.3 Å². The highest BCUT2D eigenvalue weighted by atomic mass is 16.5. The third kappa shape index (κ3) is 6.07. The second kappa shape index (κ2) is 9.44. The van der Waals surface area contributed by atoms with E-state index in [9.17, 15) is 0 Å². The van der Waals surface area contributed by atoms with Gasteiger partial charge in [-0.05, 0) is 68.6 Å². The largest absolute Gasteiger partial charge is 0.378 e. The Balaban J connectivity index is 1.23. The molecule has 0 N–H and O–H groups in total. The summed E-state index contributed by atoms with van der Waals surface area (Å²) in [5.74, 6) is 4.25. The first-order valence-corrected chi connectivity index (χ1v) is 11.0. The van der Waals surface area contributed by atoms with Crippen LogP contribution in [0.15, 0.2) is 0 Å². The molecule has 0 radical (unpaired) electrons. The summed E-state index contributed by atoms with van der Waals surface area (Å²) in [5, 5.41) is 0. The third-order valence-electron chi connectivity index (χ3n) is 7.03. The molecule has 3 saturated carbocycles. The van der Waals surface area contributed by atoms with Crippen molar-refractivity contribution >= 4 is 0 Å². The predicted molar refractivity (Wildman–Crippen MR) is 98.6 cm³/mol. The predicted octanol–water partition coefficient (Wildman–Crippen LogP) is 6.75. The molecule has 0 saturated heterocycles. The quantitative estimate of drug-likeness (QED) is 0.427. The number of ether oxygens (including phenoxy) is 1. The van der Waals surface area contributed by atoms with Gasteiger partial charge in [0.1, 0.15) is 0 Å². The molecule has 0 spiro atoms. The van der Waals surface area contributed by atoms with E-state index >= 15 is 0 Å². The molecule has 0 heterocycles. The Bertz CT molecular complexity index is 306. The first kappa shape index (κ1) is 17.8. The Morgan fingerprint density at radius 1 is 0.652 bits per heavy atom. The van der Waals surface area contributed by atoms with Gasteiger partial charge in [-0.3, -0.25) is 0 Å². The molecule has 1 heteroatoms. The number of unbranched alkanes of at least 4 members (excludes halogenated alkanes) is 1. The highest BCUT2D eigenvalue weighted by Gasteiger charge is 2.30. The Morgan fingerprint density at radius 2 is 1.22 bits per heavy atom. The van der Waals surface area contributed by atoms with E-state index in [-0.39, 0.29) is 0 Å². The second-order valence-corrected chi connectivity index (χ2v) is 8.92. The minimum Gasteiger partial charge on any atom is -0.378 e. The lowest BCUT2D eigenvalue weighted by atomic mass is 9.70. The van der Waals surface area contributed by atoms with Crippen molar-refractivity contribution in [3.8, 4) is 0 Å². The summed E-state index contributed by atoms with van der Waals surface area (Å²) in [5.41, 5.74) is 0. The van der Waals surface area contributed by atoms with E-state index in [4.69, 9.17) is 4.74 Å². The monoisotopic (exact) mass is 320 g/mol.